The van der Waals surface area contributed by atoms with Crippen LogP contribution in [-0.2, 0) is 0 Å². The van der Waals surface area contributed by atoms with Crippen molar-refractivity contribution in [2.45, 2.75) is 63.2 Å². The molecule has 0 radical (unpaired) electrons. The van der Waals surface area contributed by atoms with E-state index in [1.54, 1.807) is 12.1 Å². The number of rotatable bonds is 4. The Morgan fingerprint density at radius 3 is 2.47 bits per heavy atom. The van der Waals surface area contributed by atoms with Crippen LogP contribution in [0.1, 0.15) is 73.3 Å². The molecule has 5 aliphatic rings. The number of alkyl halides is 3. The molecule has 2 atom stereocenters. The Morgan fingerprint density at radius 1 is 1.19 bits per heavy atom. The molecule has 9 heteroatoms. The molecule has 172 valence electrons. The minimum atomic E-state index is -4.49. The lowest BCUT2D eigenvalue weighted by Crippen LogP contribution is -2.51. The maximum atomic E-state index is 13.8. The Hall–Kier alpha value is -2.45. The van der Waals surface area contributed by atoms with E-state index in [2.05, 4.69) is 15.7 Å². The number of hydrogen-bond acceptors (Lipinski definition) is 4. The predicted octanol–water partition coefficient (Wildman–Crippen LogP) is 5.08. The molecule has 0 spiro atoms. The average Bonchev–Trinajstić information content (AvgIpc) is 3.39. The number of amides is 1. The van der Waals surface area contributed by atoms with Crippen LogP contribution in [0.3, 0.4) is 0 Å². The largest absolute Gasteiger partial charge is 0.467 e. The first-order valence-corrected chi connectivity index (χ1v) is 11.5. The van der Waals surface area contributed by atoms with E-state index in [4.69, 9.17) is 4.42 Å². The van der Waals surface area contributed by atoms with Crippen molar-refractivity contribution in [1.82, 2.24) is 15.1 Å². The van der Waals surface area contributed by atoms with Gasteiger partial charge in [0.1, 0.15) is 11.6 Å². The lowest BCUT2D eigenvalue weighted by atomic mass is 9.49. The van der Waals surface area contributed by atoms with E-state index in [0.29, 0.717) is 12.3 Å². The minimum Gasteiger partial charge on any atom is -0.467 e. The summed E-state index contributed by atoms with van der Waals surface area (Å²) < 4.78 is 47.6. The highest BCUT2D eigenvalue weighted by atomic mass is 19.4. The quantitative estimate of drug-likeness (QED) is 0.684. The molecule has 3 heterocycles. The zero-order valence-electron chi connectivity index (χ0n) is 17.7. The van der Waals surface area contributed by atoms with E-state index in [1.165, 1.54) is 31.6 Å². The Morgan fingerprint density at radius 2 is 1.88 bits per heavy atom. The number of nitrogens with one attached hydrogen (secondary N) is 2. The van der Waals surface area contributed by atoms with Crippen molar-refractivity contribution in [2.24, 2.45) is 23.2 Å². The fourth-order valence-corrected chi connectivity index (χ4v) is 7.23. The number of nitrogens with zero attached hydrogens (tertiary/aromatic N) is 2. The number of aromatic nitrogens is 2. The van der Waals surface area contributed by atoms with Crippen LogP contribution in [-0.4, -0.2) is 28.4 Å². The number of fused-ring (bicyclic) bond motifs is 1. The van der Waals surface area contributed by atoms with E-state index in [0.717, 1.165) is 41.7 Å². The molecule has 4 bridgehead atoms. The fraction of sp³-hybridized carbons (Fsp3) is 0.652. The van der Waals surface area contributed by atoms with Gasteiger partial charge in [-0.1, -0.05) is 0 Å². The third-order valence-electron chi connectivity index (χ3n) is 8.10. The molecule has 2 N–H and O–H groups in total. The summed E-state index contributed by atoms with van der Waals surface area (Å²) in [5.41, 5.74) is 0.174. The van der Waals surface area contributed by atoms with Crippen molar-refractivity contribution in [1.29, 1.82) is 0 Å². The van der Waals surface area contributed by atoms with E-state index >= 15 is 0 Å². The number of halogens is 3. The second-order valence-electron chi connectivity index (χ2n) is 10.5. The third kappa shape index (κ3) is 3.40. The van der Waals surface area contributed by atoms with Crippen molar-refractivity contribution in [3.63, 3.8) is 0 Å². The highest BCUT2D eigenvalue weighted by molar-refractivity contribution is 5.93. The van der Waals surface area contributed by atoms with Gasteiger partial charge in [0.2, 0.25) is 0 Å². The summed E-state index contributed by atoms with van der Waals surface area (Å²) in [5.74, 6) is 2.52. The van der Waals surface area contributed by atoms with Crippen LogP contribution < -0.4 is 10.6 Å². The number of furan rings is 1. The normalized spacial score (nSPS) is 35.4. The molecule has 0 saturated heterocycles. The molecule has 7 rings (SSSR count). The van der Waals surface area contributed by atoms with Gasteiger partial charge in [-0.2, -0.15) is 18.3 Å². The first-order valence-electron chi connectivity index (χ1n) is 11.5. The molecule has 4 fully saturated rings. The lowest BCUT2D eigenvalue weighted by molar-refractivity contribution is -0.174. The summed E-state index contributed by atoms with van der Waals surface area (Å²) in [5, 5.41) is 10.1. The number of anilines is 1. The van der Waals surface area contributed by atoms with Crippen molar-refractivity contribution >= 4 is 11.7 Å². The molecular formula is C23H27F3N4O2. The van der Waals surface area contributed by atoms with Crippen molar-refractivity contribution in [2.75, 3.05) is 11.9 Å². The molecule has 0 unspecified atom stereocenters. The molecule has 4 saturated carbocycles. The second-order valence-corrected chi connectivity index (χ2v) is 10.5. The number of hydrogen-bond donors (Lipinski definition) is 2. The van der Waals surface area contributed by atoms with E-state index < -0.39 is 24.2 Å². The molecule has 6 nitrogen and oxygen atoms in total. The zero-order valence-corrected chi connectivity index (χ0v) is 17.7. The van der Waals surface area contributed by atoms with Gasteiger partial charge >= 0.3 is 6.18 Å². The minimum absolute atomic E-state index is 0.0200. The smallest absolute Gasteiger partial charge is 0.410 e. The Bertz CT molecular complexity index is 978. The molecule has 0 aromatic carbocycles. The van der Waals surface area contributed by atoms with Crippen LogP contribution in [0.2, 0.25) is 0 Å². The van der Waals surface area contributed by atoms with Crippen molar-refractivity contribution in [3.05, 3.63) is 35.9 Å². The van der Waals surface area contributed by atoms with Gasteiger partial charge < -0.3 is 15.1 Å². The standard InChI is InChI=1S/C23H27F3N4O2/c24-23(25,26)19-7-16(18-2-1-3-32-18)28-20-8-17(29-30(19)20)21(31)27-12-22-9-13-4-14(10-22)6-15(5-13)11-22/h1-3,8,13-16,19,28H,4-7,9-12H2,(H,27,31)/t13?,14?,15?,16-,19-,22?/m0/s1. The molecule has 1 amide bonds. The molecular weight excluding hydrogens is 421 g/mol. The third-order valence-corrected chi connectivity index (χ3v) is 8.10. The predicted molar refractivity (Wildman–Crippen MR) is 110 cm³/mol. The van der Waals surface area contributed by atoms with Crippen molar-refractivity contribution < 1.29 is 22.4 Å². The molecule has 4 aliphatic carbocycles. The Kier molecular flexibility index (Phi) is 4.43. The molecule has 32 heavy (non-hydrogen) atoms. The van der Waals surface area contributed by atoms with Gasteiger partial charge in [0, 0.05) is 19.0 Å². The van der Waals surface area contributed by atoms with Crippen LogP contribution in [0.4, 0.5) is 19.0 Å². The van der Waals surface area contributed by atoms with Gasteiger partial charge in [-0.15, -0.1) is 0 Å². The highest BCUT2D eigenvalue weighted by Gasteiger charge is 2.51. The average molecular weight is 448 g/mol. The molecule has 2 aromatic rings. The maximum Gasteiger partial charge on any atom is 0.410 e. The fourth-order valence-electron chi connectivity index (χ4n) is 7.23. The second kappa shape index (κ2) is 7.02. The first-order chi connectivity index (χ1) is 15.3. The van der Waals surface area contributed by atoms with Gasteiger partial charge in [0.15, 0.2) is 11.7 Å². The van der Waals surface area contributed by atoms with Crippen LogP contribution in [0, 0.1) is 23.2 Å². The summed E-state index contributed by atoms with van der Waals surface area (Å²) in [6.45, 7) is 0.586. The topological polar surface area (TPSA) is 72.1 Å². The summed E-state index contributed by atoms with van der Waals surface area (Å²) >= 11 is 0. The SMILES string of the molecule is O=C(NCC12CC3CC(CC(C3)C1)C2)c1cc2n(n1)[C@H](C(F)(F)F)C[C@@H](c1ccco1)N2. The number of carbonyl (C=O) groups is 1. The summed E-state index contributed by atoms with van der Waals surface area (Å²) in [7, 11) is 0. The maximum absolute atomic E-state index is 13.8. The summed E-state index contributed by atoms with van der Waals surface area (Å²) in [6, 6.07) is 2.26. The Balaban J connectivity index is 1.20. The monoisotopic (exact) mass is 448 g/mol. The first kappa shape index (κ1) is 20.2. The zero-order chi connectivity index (χ0) is 22.1. The van der Waals surface area contributed by atoms with Crippen molar-refractivity contribution in [3.8, 4) is 0 Å². The van der Waals surface area contributed by atoms with E-state index in [1.807, 2.05) is 0 Å². The van der Waals surface area contributed by atoms with Crippen LogP contribution in [0.5, 0.6) is 0 Å². The van der Waals surface area contributed by atoms with Gasteiger partial charge in [0.25, 0.3) is 5.91 Å². The number of carbonyl (C=O) groups excluding carboxylic acids is 1. The lowest BCUT2D eigenvalue weighted by Gasteiger charge is -2.56. The highest BCUT2D eigenvalue weighted by Crippen LogP contribution is 2.59. The molecule has 2 aromatic heterocycles. The van der Waals surface area contributed by atoms with E-state index in [-0.39, 0.29) is 23.3 Å². The van der Waals surface area contributed by atoms with E-state index in [9.17, 15) is 18.0 Å². The molecule has 1 aliphatic heterocycles. The Labute approximate surface area is 183 Å². The summed E-state index contributed by atoms with van der Waals surface area (Å²) in [4.78, 5) is 12.9. The van der Waals surface area contributed by atoms with Gasteiger partial charge in [0.05, 0.1) is 12.3 Å². The summed E-state index contributed by atoms with van der Waals surface area (Å²) in [6.07, 6.45) is 4.13. The van der Waals surface area contributed by atoms with Gasteiger partial charge in [-0.25, -0.2) is 4.68 Å². The van der Waals surface area contributed by atoms with Gasteiger partial charge in [-0.05, 0) is 73.8 Å². The van der Waals surface area contributed by atoms with Gasteiger partial charge in [-0.3, -0.25) is 4.79 Å². The van der Waals surface area contributed by atoms with Crippen LogP contribution in [0.15, 0.2) is 28.9 Å². The van der Waals surface area contributed by atoms with Crippen LogP contribution >= 0.6 is 0 Å². The van der Waals surface area contributed by atoms with Crippen LogP contribution in [0.25, 0.3) is 0 Å².